The van der Waals surface area contributed by atoms with Gasteiger partial charge in [0.1, 0.15) is 11.4 Å². The van der Waals surface area contributed by atoms with E-state index in [2.05, 4.69) is 15.5 Å². The first-order valence-electron chi connectivity index (χ1n) is 4.37. The van der Waals surface area contributed by atoms with Gasteiger partial charge < -0.3 is 11.1 Å². The number of hydrogen-bond acceptors (Lipinski definition) is 4. The van der Waals surface area contributed by atoms with Gasteiger partial charge in [-0.1, -0.05) is 6.07 Å². The van der Waals surface area contributed by atoms with Crippen LogP contribution in [0.25, 0.3) is 0 Å². The van der Waals surface area contributed by atoms with Crippen LogP contribution in [0.4, 0.5) is 5.82 Å². The van der Waals surface area contributed by atoms with Gasteiger partial charge in [-0.05, 0) is 11.4 Å². The molecule has 2 aromatic rings. The lowest BCUT2D eigenvalue weighted by molar-refractivity contribution is 0.0952. The fourth-order valence-electron chi connectivity index (χ4n) is 1.15. The summed E-state index contributed by atoms with van der Waals surface area (Å²) in [7, 11) is 0. The Hall–Kier alpha value is -1.82. The maximum atomic E-state index is 11.6. The van der Waals surface area contributed by atoms with Gasteiger partial charge in [-0.3, -0.25) is 9.89 Å². The number of carbonyl (C=O) groups excluding carboxylic acids is 1. The molecule has 4 N–H and O–H groups in total. The van der Waals surface area contributed by atoms with Crippen molar-refractivity contribution in [2.24, 2.45) is 0 Å². The molecule has 0 spiro atoms. The summed E-state index contributed by atoms with van der Waals surface area (Å²) in [5, 5.41) is 10.9. The second-order valence-corrected chi connectivity index (χ2v) is 3.99. The van der Waals surface area contributed by atoms with Gasteiger partial charge in [-0.25, -0.2) is 0 Å². The van der Waals surface area contributed by atoms with Crippen LogP contribution in [0.2, 0.25) is 0 Å². The van der Waals surface area contributed by atoms with Crippen molar-refractivity contribution in [3.8, 4) is 0 Å². The van der Waals surface area contributed by atoms with E-state index in [0.717, 1.165) is 4.88 Å². The monoisotopic (exact) mass is 222 g/mol. The van der Waals surface area contributed by atoms with Crippen LogP contribution in [0.5, 0.6) is 0 Å². The molecule has 0 aromatic carbocycles. The minimum absolute atomic E-state index is 0.213. The van der Waals surface area contributed by atoms with Crippen LogP contribution in [0.15, 0.2) is 23.7 Å². The highest BCUT2D eigenvalue weighted by molar-refractivity contribution is 7.09. The maximum Gasteiger partial charge on any atom is 0.256 e. The molecule has 6 heteroatoms. The minimum Gasteiger partial charge on any atom is -0.383 e. The molecule has 15 heavy (non-hydrogen) atoms. The van der Waals surface area contributed by atoms with E-state index < -0.39 is 0 Å². The number of nitrogen functional groups attached to an aromatic ring is 1. The summed E-state index contributed by atoms with van der Waals surface area (Å²) in [6.45, 7) is 0.515. The number of aromatic nitrogens is 2. The number of H-pyrrole nitrogens is 1. The van der Waals surface area contributed by atoms with Gasteiger partial charge in [-0.2, -0.15) is 5.10 Å². The van der Waals surface area contributed by atoms with E-state index in [1.807, 2.05) is 17.5 Å². The molecule has 0 bridgehead atoms. The summed E-state index contributed by atoms with van der Waals surface area (Å²) >= 11 is 1.60. The third kappa shape index (κ3) is 2.16. The number of carbonyl (C=O) groups is 1. The zero-order valence-electron chi connectivity index (χ0n) is 7.86. The van der Waals surface area contributed by atoms with Crippen molar-refractivity contribution in [1.29, 1.82) is 0 Å². The molecule has 0 aliphatic rings. The predicted molar refractivity (Wildman–Crippen MR) is 58.5 cm³/mol. The number of rotatable bonds is 3. The van der Waals surface area contributed by atoms with Crippen LogP contribution in [-0.4, -0.2) is 16.1 Å². The second kappa shape index (κ2) is 4.14. The molecule has 5 nitrogen and oxygen atoms in total. The minimum atomic E-state index is -0.213. The van der Waals surface area contributed by atoms with Crippen molar-refractivity contribution in [2.45, 2.75) is 6.54 Å². The fourth-order valence-corrected chi connectivity index (χ4v) is 1.80. The van der Waals surface area contributed by atoms with E-state index >= 15 is 0 Å². The number of amides is 1. The van der Waals surface area contributed by atoms with Gasteiger partial charge >= 0.3 is 0 Å². The Labute approximate surface area is 90.3 Å². The smallest absolute Gasteiger partial charge is 0.256 e. The lowest BCUT2D eigenvalue weighted by Crippen LogP contribution is -2.22. The average Bonchev–Trinajstić information content (AvgIpc) is 2.84. The van der Waals surface area contributed by atoms with Crippen LogP contribution >= 0.6 is 11.3 Å². The Balaban J connectivity index is 1.96. The topological polar surface area (TPSA) is 83.8 Å². The molecule has 2 aromatic heterocycles. The van der Waals surface area contributed by atoms with Crippen molar-refractivity contribution in [3.63, 3.8) is 0 Å². The molecule has 0 fully saturated rings. The number of nitrogens with two attached hydrogens (primary N) is 1. The van der Waals surface area contributed by atoms with E-state index in [1.165, 1.54) is 6.20 Å². The van der Waals surface area contributed by atoms with Crippen molar-refractivity contribution < 1.29 is 4.79 Å². The molecule has 0 atom stereocenters. The molecular weight excluding hydrogens is 212 g/mol. The Bertz CT molecular complexity index is 448. The number of nitrogens with one attached hydrogen (secondary N) is 2. The van der Waals surface area contributed by atoms with Gasteiger partial charge in [0.15, 0.2) is 0 Å². The van der Waals surface area contributed by atoms with E-state index in [1.54, 1.807) is 11.3 Å². The summed E-state index contributed by atoms with van der Waals surface area (Å²) in [6.07, 6.45) is 1.42. The van der Waals surface area contributed by atoms with Crippen LogP contribution in [-0.2, 0) is 6.54 Å². The molecule has 0 saturated heterocycles. The summed E-state index contributed by atoms with van der Waals surface area (Å²) in [6, 6.07) is 3.90. The van der Waals surface area contributed by atoms with Gasteiger partial charge in [0.05, 0.1) is 12.7 Å². The van der Waals surface area contributed by atoms with Crippen molar-refractivity contribution in [3.05, 3.63) is 34.2 Å². The molecule has 1 amide bonds. The number of aromatic amines is 1. The van der Waals surface area contributed by atoms with Crippen LogP contribution < -0.4 is 11.1 Å². The highest BCUT2D eigenvalue weighted by Gasteiger charge is 2.10. The van der Waals surface area contributed by atoms with Crippen molar-refractivity contribution in [1.82, 2.24) is 15.5 Å². The fraction of sp³-hybridized carbons (Fsp3) is 0.111. The first kappa shape index (κ1) is 9.72. The summed E-state index contributed by atoms with van der Waals surface area (Å²) in [5.41, 5.74) is 5.90. The first-order valence-corrected chi connectivity index (χ1v) is 5.25. The quantitative estimate of drug-likeness (QED) is 0.724. The lowest BCUT2D eigenvalue weighted by Gasteiger charge is -2.01. The Kier molecular flexibility index (Phi) is 2.68. The predicted octanol–water partition coefficient (Wildman–Crippen LogP) is 0.983. The maximum absolute atomic E-state index is 11.6. The van der Waals surface area contributed by atoms with Gasteiger partial charge in [0, 0.05) is 4.88 Å². The van der Waals surface area contributed by atoms with Crippen LogP contribution in [0, 0.1) is 0 Å². The van der Waals surface area contributed by atoms with Crippen LogP contribution in [0.3, 0.4) is 0 Å². The zero-order valence-corrected chi connectivity index (χ0v) is 8.67. The molecule has 2 heterocycles. The Morgan fingerprint density at radius 3 is 3.13 bits per heavy atom. The van der Waals surface area contributed by atoms with Gasteiger partial charge in [0.25, 0.3) is 5.91 Å². The van der Waals surface area contributed by atoms with Gasteiger partial charge in [-0.15, -0.1) is 11.3 Å². The Morgan fingerprint density at radius 2 is 2.53 bits per heavy atom. The highest BCUT2D eigenvalue weighted by atomic mass is 32.1. The Morgan fingerprint density at radius 1 is 1.67 bits per heavy atom. The zero-order chi connectivity index (χ0) is 10.7. The summed E-state index contributed by atoms with van der Waals surface area (Å²) in [5.74, 6) is 0.0772. The number of anilines is 1. The standard InChI is InChI=1S/C9H10N4OS/c10-8-7(5-12-13-8)9(14)11-4-6-2-1-3-15-6/h1-3,5H,4H2,(H,11,14)(H3,10,12,13). The summed E-state index contributed by atoms with van der Waals surface area (Å²) < 4.78 is 0. The van der Waals surface area contributed by atoms with E-state index in [9.17, 15) is 4.79 Å². The molecule has 0 aliphatic heterocycles. The third-order valence-electron chi connectivity index (χ3n) is 1.92. The van der Waals surface area contributed by atoms with E-state index in [0.29, 0.717) is 17.9 Å². The molecule has 0 aliphatic carbocycles. The van der Waals surface area contributed by atoms with Crippen LogP contribution in [0.1, 0.15) is 15.2 Å². The normalized spacial score (nSPS) is 10.1. The number of nitrogens with zero attached hydrogens (tertiary/aromatic N) is 1. The lowest BCUT2D eigenvalue weighted by atomic mass is 10.3. The molecule has 0 radical (unpaired) electrons. The highest BCUT2D eigenvalue weighted by Crippen LogP contribution is 2.09. The molecular formula is C9H10N4OS. The van der Waals surface area contributed by atoms with E-state index in [-0.39, 0.29) is 5.91 Å². The molecule has 2 rings (SSSR count). The molecule has 78 valence electrons. The van der Waals surface area contributed by atoms with Crippen molar-refractivity contribution >= 4 is 23.1 Å². The number of hydrogen-bond donors (Lipinski definition) is 3. The SMILES string of the molecule is Nc1[nH]ncc1C(=O)NCc1cccs1. The largest absolute Gasteiger partial charge is 0.383 e. The van der Waals surface area contributed by atoms with E-state index in [4.69, 9.17) is 5.73 Å². The number of thiophene rings is 1. The summed E-state index contributed by atoms with van der Waals surface area (Å²) in [4.78, 5) is 12.7. The molecule has 0 unspecified atom stereocenters. The second-order valence-electron chi connectivity index (χ2n) is 2.96. The van der Waals surface area contributed by atoms with Gasteiger partial charge in [0.2, 0.25) is 0 Å². The average molecular weight is 222 g/mol. The molecule has 0 saturated carbocycles. The van der Waals surface area contributed by atoms with Crippen molar-refractivity contribution in [2.75, 3.05) is 5.73 Å². The third-order valence-corrected chi connectivity index (χ3v) is 2.79. The first-order chi connectivity index (χ1) is 7.27.